The van der Waals surface area contributed by atoms with Gasteiger partial charge in [-0.2, -0.15) is 0 Å². The van der Waals surface area contributed by atoms with Crippen molar-refractivity contribution in [2.45, 2.75) is 12.5 Å². The lowest BCUT2D eigenvalue weighted by Gasteiger charge is -2.38. The van der Waals surface area contributed by atoms with Crippen molar-refractivity contribution in [3.8, 4) is 0 Å². The Morgan fingerprint density at radius 3 is 3.36 bits per heavy atom. The largest absolute Gasteiger partial charge is 0.449 e. The predicted molar refractivity (Wildman–Crippen MR) is 39.3 cm³/mol. The van der Waals surface area contributed by atoms with Crippen molar-refractivity contribution >= 4 is 6.09 Å². The number of amides is 1. The smallest absolute Gasteiger partial charge is 0.410 e. The Balaban J connectivity index is 2.05. The fraction of sp³-hybridized carbons (Fsp3) is 0.857. The van der Waals surface area contributed by atoms with Crippen LogP contribution in [0.3, 0.4) is 0 Å². The van der Waals surface area contributed by atoms with E-state index in [4.69, 9.17) is 4.74 Å². The summed E-state index contributed by atoms with van der Waals surface area (Å²) in [7, 11) is 0. The summed E-state index contributed by atoms with van der Waals surface area (Å²) in [5.41, 5.74) is 0. The van der Waals surface area contributed by atoms with Crippen molar-refractivity contribution < 1.29 is 9.53 Å². The first-order valence-electron chi connectivity index (χ1n) is 4.02. The predicted octanol–water partition coefficient (Wildman–Crippen LogP) is -0.200. The Bertz CT molecular complexity index is 170. The van der Waals surface area contributed by atoms with Crippen LogP contribution in [-0.2, 0) is 4.74 Å². The van der Waals surface area contributed by atoms with Gasteiger partial charge in [-0.1, -0.05) is 0 Å². The maximum absolute atomic E-state index is 11.1. The molecule has 0 aromatic heterocycles. The summed E-state index contributed by atoms with van der Waals surface area (Å²) in [6.07, 6.45) is 0.835. The number of rotatable bonds is 0. The third kappa shape index (κ3) is 1.18. The molecule has 0 spiro atoms. The van der Waals surface area contributed by atoms with Gasteiger partial charge in [-0.05, 0) is 0 Å². The molecule has 2 saturated heterocycles. The number of carbonyl (C=O) groups excluding carboxylic acids is 1. The van der Waals surface area contributed by atoms with Crippen LogP contribution in [0.4, 0.5) is 4.79 Å². The molecular weight excluding hydrogens is 144 g/mol. The lowest BCUT2D eigenvalue weighted by atomic mass is 10.1. The van der Waals surface area contributed by atoms with E-state index in [-0.39, 0.29) is 6.09 Å². The zero-order valence-corrected chi connectivity index (χ0v) is 6.38. The molecule has 0 aromatic rings. The molecule has 4 nitrogen and oxygen atoms in total. The molecule has 0 aromatic carbocycles. The SMILES string of the molecule is O=C1OCC[C@H]2CNCCN12. The number of cyclic esters (lactones) is 1. The first kappa shape index (κ1) is 6.91. The highest BCUT2D eigenvalue weighted by Crippen LogP contribution is 2.14. The third-order valence-electron chi connectivity index (χ3n) is 2.26. The molecule has 0 unspecified atom stereocenters. The monoisotopic (exact) mass is 156 g/mol. The van der Waals surface area contributed by atoms with E-state index in [0.29, 0.717) is 12.6 Å². The molecule has 4 heteroatoms. The van der Waals surface area contributed by atoms with Crippen molar-refractivity contribution in [1.29, 1.82) is 0 Å². The number of piperazine rings is 1. The molecule has 0 aliphatic carbocycles. The second-order valence-electron chi connectivity index (χ2n) is 2.95. The molecular formula is C7H12N2O2. The lowest BCUT2D eigenvalue weighted by molar-refractivity contribution is 0.0353. The first-order chi connectivity index (χ1) is 5.38. The fourth-order valence-electron chi connectivity index (χ4n) is 1.62. The van der Waals surface area contributed by atoms with Gasteiger partial charge in [0.15, 0.2) is 0 Å². The minimum atomic E-state index is -0.136. The molecule has 0 radical (unpaired) electrons. The van der Waals surface area contributed by atoms with Gasteiger partial charge in [-0.3, -0.25) is 0 Å². The van der Waals surface area contributed by atoms with Crippen molar-refractivity contribution in [2.75, 3.05) is 26.2 Å². The molecule has 1 amide bonds. The van der Waals surface area contributed by atoms with E-state index in [0.717, 1.165) is 26.1 Å². The van der Waals surface area contributed by atoms with Gasteiger partial charge in [0.1, 0.15) is 0 Å². The van der Waals surface area contributed by atoms with E-state index >= 15 is 0 Å². The molecule has 2 fully saturated rings. The molecule has 2 heterocycles. The Hall–Kier alpha value is -0.770. The van der Waals surface area contributed by atoms with Gasteiger partial charge >= 0.3 is 6.09 Å². The molecule has 2 aliphatic rings. The summed E-state index contributed by atoms with van der Waals surface area (Å²) in [6.45, 7) is 3.20. The van der Waals surface area contributed by atoms with E-state index in [1.54, 1.807) is 0 Å². The van der Waals surface area contributed by atoms with E-state index < -0.39 is 0 Å². The van der Waals surface area contributed by atoms with Gasteiger partial charge in [-0.15, -0.1) is 0 Å². The Morgan fingerprint density at radius 1 is 1.64 bits per heavy atom. The summed E-state index contributed by atoms with van der Waals surface area (Å²) < 4.78 is 4.91. The number of fused-ring (bicyclic) bond motifs is 1. The highest BCUT2D eigenvalue weighted by Gasteiger charge is 2.30. The molecule has 1 N–H and O–H groups in total. The number of nitrogens with one attached hydrogen (secondary N) is 1. The molecule has 62 valence electrons. The second-order valence-corrected chi connectivity index (χ2v) is 2.95. The van der Waals surface area contributed by atoms with Gasteiger partial charge in [0, 0.05) is 26.1 Å². The van der Waals surface area contributed by atoms with E-state index in [1.165, 1.54) is 0 Å². The maximum atomic E-state index is 11.1. The van der Waals surface area contributed by atoms with Gasteiger partial charge in [0.2, 0.25) is 0 Å². The highest BCUT2D eigenvalue weighted by atomic mass is 16.6. The van der Waals surface area contributed by atoms with E-state index in [2.05, 4.69) is 5.32 Å². The lowest BCUT2D eigenvalue weighted by Crippen LogP contribution is -2.56. The normalized spacial score (nSPS) is 31.1. The summed E-state index contributed by atoms with van der Waals surface area (Å²) in [5.74, 6) is 0. The molecule has 2 aliphatic heterocycles. The van der Waals surface area contributed by atoms with Crippen LogP contribution in [0.15, 0.2) is 0 Å². The van der Waals surface area contributed by atoms with Crippen LogP contribution < -0.4 is 5.32 Å². The van der Waals surface area contributed by atoms with Crippen molar-refractivity contribution in [1.82, 2.24) is 10.2 Å². The van der Waals surface area contributed by atoms with Crippen LogP contribution in [-0.4, -0.2) is 43.3 Å². The molecule has 1 atom stereocenters. The fourth-order valence-corrected chi connectivity index (χ4v) is 1.62. The van der Waals surface area contributed by atoms with Crippen LogP contribution in [0, 0.1) is 0 Å². The number of ether oxygens (including phenoxy) is 1. The summed E-state index contributed by atoms with van der Waals surface area (Å²) in [5, 5.41) is 3.26. The quantitative estimate of drug-likeness (QED) is 0.528. The molecule has 0 saturated carbocycles. The Labute approximate surface area is 65.5 Å². The molecule has 2 rings (SSSR count). The average Bonchev–Trinajstić information content (AvgIpc) is 2.06. The van der Waals surface area contributed by atoms with Gasteiger partial charge < -0.3 is 15.0 Å². The third-order valence-corrected chi connectivity index (χ3v) is 2.26. The molecule has 0 bridgehead atoms. The summed E-state index contributed by atoms with van der Waals surface area (Å²) >= 11 is 0. The van der Waals surface area contributed by atoms with Crippen LogP contribution >= 0.6 is 0 Å². The van der Waals surface area contributed by atoms with E-state index in [1.807, 2.05) is 4.90 Å². The van der Waals surface area contributed by atoms with Crippen LogP contribution in [0.25, 0.3) is 0 Å². The molecule has 11 heavy (non-hydrogen) atoms. The van der Waals surface area contributed by atoms with Gasteiger partial charge in [0.25, 0.3) is 0 Å². The summed E-state index contributed by atoms with van der Waals surface area (Å²) in [4.78, 5) is 12.9. The Kier molecular flexibility index (Phi) is 1.69. The van der Waals surface area contributed by atoms with Crippen LogP contribution in [0.5, 0.6) is 0 Å². The van der Waals surface area contributed by atoms with Crippen LogP contribution in [0.1, 0.15) is 6.42 Å². The number of nitrogens with zero attached hydrogens (tertiary/aromatic N) is 1. The zero-order valence-electron chi connectivity index (χ0n) is 6.38. The van der Waals surface area contributed by atoms with Crippen LogP contribution in [0.2, 0.25) is 0 Å². The Morgan fingerprint density at radius 2 is 2.55 bits per heavy atom. The number of hydrogen-bond donors (Lipinski definition) is 1. The minimum Gasteiger partial charge on any atom is -0.449 e. The van der Waals surface area contributed by atoms with Gasteiger partial charge in [-0.25, -0.2) is 4.79 Å². The number of hydrogen-bond acceptors (Lipinski definition) is 3. The van der Waals surface area contributed by atoms with Crippen molar-refractivity contribution in [3.63, 3.8) is 0 Å². The maximum Gasteiger partial charge on any atom is 0.410 e. The first-order valence-corrected chi connectivity index (χ1v) is 4.02. The van der Waals surface area contributed by atoms with Gasteiger partial charge in [0.05, 0.1) is 12.6 Å². The summed E-state index contributed by atoms with van der Waals surface area (Å²) in [6, 6.07) is 0.380. The standard InChI is InChI=1S/C7H12N2O2/c10-7-9-3-2-8-5-6(9)1-4-11-7/h6,8H,1-5H2/t6-/m0/s1. The van der Waals surface area contributed by atoms with E-state index in [9.17, 15) is 4.79 Å². The second kappa shape index (κ2) is 2.70. The van der Waals surface area contributed by atoms with Crippen molar-refractivity contribution in [3.05, 3.63) is 0 Å². The topological polar surface area (TPSA) is 41.6 Å². The highest BCUT2D eigenvalue weighted by molar-refractivity contribution is 5.68. The number of carbonyl (C=O) groups is 1. The zero-order chi connectivity index (χ0) is 7.68. The minimum absolute atomic E-state index is 0.136. The van der Waals surface area contributed by atoms with Crippen molar-refractivity contribution in [2.24, 2.45) is 0 Å². The average molecular weight is 156 g/mol.